The molecular formula is C18H20O3. The fraction of sp³-hybridized carbons (Fsp3) is 0.278. The van der Waals surface area contributed by atoms with E-state index >= 15 is 0 Å². The average molecular weight is 284 g/mol. The molecule has 0 spiro atoms. The average Bonchev–Trinajstić information content (AvgIpc) is 2.43. The second-order valence-corrected chi connectivity index (χ2v) is 5.25. The van der Waals surface area contributed by atoms with Gasteiger partial charge in [0.2, 0.25) is 0 Å². The molecule has 3 nitrogen and oxygen atoms in total. The van der Waals surface area contributed by atoms with Crippen LogP contribution in [0.4, 0.5) is 0 Å². The van der Waals surface area contributed by atoms with E-state index in [-0.39, 0.29) is 12.7 Å². The van der Waals surface area contributed by atoms with Crippen LogP contribution in [0.2, 0.25) is 0 Å². The number of carboxylic acid groups (broad SMARTS) is 1. The van der Waals surface area contributed by atoms with Crippen molar-refractivity contribution in [1.29, 1.82) is 0 Å². The monoisotopic (exact) mass is 284 g/mol. The zero-order valence-corrected chi connectivity index (χ0v) is 12.6. The van der Waals surface area contributed by atoms with E-state index in [0.29, 0.717) is 0 Å². The molecule has 0 aliphatic rings. The quantitative estimate of drug-likeness (QED) is 0.908. The third kappa shape index (κ3) is 3.50. The molecule has 0 bridgehead atoms. The van der Waals surface area contributed by atoms with Gasteiger partial charge in [-0.3, -0.25) is 0 Å². The van der Waals surface area contributed by atoms with Gasteiger partial charge in [0.1, 0.15) is 12.7 Å². The third-order valence-corrected chi connectivity index (χ3v) is 3.65. The van der Waals surface area contributed by atoms with Crippen LogP contribution in [0.1, 0.15) is 33.9 Å². The summed E-state index contributed by atoms with van der Waals surface area (Å²) in [6.45, 7) is 5.75. The Bertz CT molecular complexity index is 626. The Morgan fingerprint density at radius 2 is 1.57 bits per heavy atom. The number of carboxylic acids is 1. The SMILES string of the molecule is Cc1ccccc1C(OCC(=O)O)c1c(C)cccc1C. The van der Waals surface area contributed by atoms with E-state index in [9.17, 15) is 4.79 Å². The molecule has 0 saturated heterocycles. The minimum atomic E-state index is -0.958. The molecule has 3 heteroatoms. The lowest BCUT2D eigenvalue weighted by molar-refractivity contribution is -0.143. The first-order valence-electron chi connectivity index (χ1n) is 6.95. The lowest BCUT2D eigenvalue weighted by Crippen LogP contribution is -2.16. The van der Waals surface area contributed by atoms with E-state index < -0.39 is 5.97 Å². The Balaban J connectivity index is 2.51. The van der Waals surface area contributed by atoms with Crippen molar-refractivity contribution in [3.8, 4) is 0 Å². The van der Waals surface area contributed by atoms with Crippen molar-refractivity contribution in [3.05, 3.63) is 70.3 Å². The van der Waals surface area contributed by atoms with Crippen LogP contribution in [0.3, 0.4) is 0 Å². The number of carbonyl (C=O) groups is 1. The van der Waals surface area contributed by atoms with Gasteiger partial charge in [0, 0.05) is 0 Å². The first-order valence-corrected chi connectivity index (χ1v) is 6.95. The van der Waals surface area contributed by atoms with Gasteiger partial charge in [0.25, 0.3) is 0 Å². The fourth-order valence-corrected chi connectivity index (χ4v) is 2.61. The minimum Gasteiger partial charge on any atom is -0.480 e. The largest absolute Gasteiger partial charge is 0.480 e. The molecule has 0 amide bonds. The summed E-state index contributed by atoms with van der Waals surface area (Å²) in [5.41, 5.74) is 5.36. The maximum atomic E-state index is 10.9. The molecule has 1 unspecified atom stereocenters. The van der Waals surface area contributed by atoms with Crippen molar-refractivity contribution in [2.24, 2.45) is 0 Å². The van der Waals surface area contributed by atoms with Gasteiger partial charge >= 0.3 is 5.97 Å². The van der Waals surface area contributed by atoms with Crippen molar-refractivity contribution < 1.29 is 14.6 Å². The Kier molecular flexibility index (Phi) is 4.76. The standard InChI is InChI=1S/C18H20O3/c1-12-7-4-5-10-15(12)18(21-11-16(19)20)17-13(2)8-6-9-14(17)3/h4-10,18H,11H2,1-3H3,(H,19,20). The molecule has 0 aromatic heterocycles. The van der Waals surface area contributed by atoms with Crippen molar-refractivity contribution in [1.82, 2.24) is 0 Å². The molecule has 0 aliphatic heterocycles. The Hall–Kier alpha value is -2.13. The molecule has 2 aromatic rings. The van der Waals surface area contributed by atoms with Gasteiger partial charge in [-0.15, -0.1) is 0 Å². The van der Waals surface area contributed by atoms with Crippen molar-refractivity contribution in [2.45, 2.75) is 26.9 Å². The van der Waals surface area contributed by atoms with E-state index in [1.54, 1.807) is 0 Å². The lowest BCUT2D eigenvalue weighted by Gasteiger charge is -2.23. The topological polar surface area (TPSA) is 46.5 Å². The summed E-state index contributed by atoms with van der Waals surface area (Å²) in [5.74, 6) is -0.958. The van der Waals surface area contributed by atoms with E-state index in [1.165, 1.54) is 0 Å². The van der Waals surface area contributed by atoms with Gasteiger partial charge in [0.05, 0.1) is 0 Å². The molecule has 2 rings (SSSR count). The fourth-order valence-electron chi connectivity index (χ4n) is 2.61. The van der Waals surface area contributed by atoms with Gasteiger partial charge in [-0.2, -0.15) is 0 Å². The van der Waals surface area contributed by atoms with Crippen LogP contribution in [-0.4, -0.2) is 17.7 Å². The molecule has 2 aromatic carbocycles. The van der Waals surface area contributed by atoms with Crippen LogP contribution in [-0.2, 0) is 9.53 Å². The highest BCUT2D eigenvalue weighted by atomic mass is 16.5. The maximum absolute atomic E-state index is 10.9. The number of rotatable bonds is 5. The van der Waals surface area contributed by atoms with E-state index in [0.717, 1.165) is 27.8 Å². The normalized spacial score (nSPS) is 12.1. The summed E-state index contributed by atoms with van der Waals surface area (Å²) >= 11 is 0. The molecule has 1 N–H and O–H groups in total. The third-order valence-electron chi connectivity index (χ3n) is 3.65. The van der Waals surface area contributed by atoms with Crippen LogP contribution >= 0.6 is 0 Å². The van der Waals surface area contributed by atoms with Gasteiger partial charge in [0.15, 0.2) is 0 Å². The predicted molar refractivity (Wildman–Crippen MR) is 82.5 cm³/mol. The summed E-state index contributed by atoms with van der Waals surface area (Å²) in [6, 6.07) is 14.0. The molecule has 21 heavy (non-hydrogen) atoms. The maximum Gasteiger partial charge on any atom is 0.329 e. The molecule has 0 aliphatic carbocycles. The minimum absolute atomic E-state index is 0.313. The van der Waals surface area contributed by atoms with Gasteiger partial charge < -0.3 is 9.84 Å². The molecule has 0 heterocycles. The zero-order chi connectivity index (χ0) is 15.4. The number of aryl methyl sites for hydroxylation is 3. The first kappa shape index (κ1) is 15.3. The predicted octanol–water partition coefficient (Wildman–Crippen LogP) is 3.80. The summed E-state index contributed by atoms with van der Waals surface area (Å²) in [6.07, 6.45) is -0.358. The number of benzene rings is 2. The summed E-state index contributed by atoms with van der Waals surface area (Å²) in [5, 5.41) is 8.94. The van der Waals surface area contributed by atoms with Crippen molar-refractivity contribution in [3.63, 3.8) is 0 Å². The Labute approximate surface area is 125 Å². The number of aliphatic carboxylic acids is 1. The second-order valence-electron chi connectivity index (χ2n) is 5.25. The number of ether oxygens (including phenoxy) is 1. The van der Waals surface area contributed by atoms with Gasteiger partial charge in [-0.25, -0.2) is 4.79 Å². The van der Waals surface area contributed by atoms with Crippen LogP contribution in [0.5, 0.6) is 0 Å². The molecule has 1 atom stereocenters. The molecule has 0 radical (unpaired) electrons. The van der Waals surface area contributed by atoms with Gasteiger partial charge in [-0.05, 0) is 48.6 Å². The van der Waals surface area contributed by atoms with Gasteiger partial charge in [-0.1, -0.05) is 42.5 Å². The smallest absolute Gasteiger partial charge is 0.329 e. The van der Waals surface area contributed by atoms with E-state index in [2.05, 4.69) is 0 Å². The van der Waals surface area contributed by atoms with Crippen LogP contribution in [0, 0.1) is 20.8 Å². The summed E-state index contributed by atoms with van der Waals surface area (Å²) in [4.78, 5) is 10.9. The highest BCUT2D eigenvalue weighted by molar-refractivity contribution is 5.68. The Morgan fingerprint density at radius 3 is 2.14 bits per heavy atom. The van der Waals surface area contributed by atoms with Crippen LogP contribution in [0.25, 0.3) is 0 Å². The van der Waals surface area contributed by atoms with Crippen LogP contribution < -0.4 is 0 Å². The molecular weight excluding hydrogens is 264 g/mol. The number of hydrogen-bond acceptors (Lipinski definition) is 2. The molecule has 0 fully saturated rings. The Morgan fingerprint density at radius 1 is 1.00 bits per heavy atom. The van der Waals surface area contributed by atoms with Crippen molar-refractivity contribution >= 4 is 5.97 Å². The summed E-state index contributed by atoms with van der Waals surface area (Å²) in [7, 11) is 0. The molecule has 110 valence electrons. The first-order chi connectivity index (χ1) is 10.0. The van der Waals surface area contributed by atoms with Crippen molar-refractivity contribution in [2.75, 3.05) is 6.61 Å². The lowest BCUT2D eigenvalue weighted by atomic mass is 9.91. The molecule has 0 saturated carbocycles. The highest BCUT2D eigenvalue weighted by Gasteiger charge is 2.21. The van der Waals surface area contributed by atoms with E-state index in [4.69, 9.17) is 9.84 Å². The van der Waals surface area contributed by atoms with E-state index in [1.807, 2.05) is 63.2 Å². The second kappa shape index (κ2) is 6.55. The highest BCUT2D eigenvalue weighted by Crippen LogP contribution is 2.32. The van der Waals surface area contributed by atoms with Crippen LogP contribution in [0.15, 0.2) is 42.5 Å². The summed E-state index contributed by atoms with van der Waals surface area (Å²) < 4.78 is 5.72. The zero-order valence-electron chi connectivity index (χ0n) is 12.6. The number of hydrogen-bond donors (Lipinski definition) is 1.